The molecular weight excluding hydrogens is 441 g/mol. The molecule has 1 aliphatic heterocycles. The third kappa shape index (κ3) is 4.13. The van der Waals surface area contributed by atoms with Gasteiger partial charge in [0.15, 0.2) is 10.2 Å². The quantitative estimate of drug-likeness (QED) is 0.345. The second-order valence-electron chi connectivity index (χ2n) is 7.54. The first-order chi connectivity index (χ1) is 15.6. The van der Waals surface area contributed by atoms with Crippen LogP contribution in [0.5, 0.6) is 0 Å². The summed E-state index contributed by atoms with van der Waals surface area (Å²) < 4.78 is 19.9. The van der Waals surface area contributed by atoms with Crippen molar-refractivity contribution >= 4 is 34.8 Å². The van der Waals surface area contributed by atoms with E-state index in [1.165, 1.54) is 17.7 Å². The molecule has 160 valence electrons. The maximum Gasteiger partial charge on any atom is 0.174 e. The Morgan fingerprint density at radius 2 is 1.78 bits per heavy atom. The molecule has 2 aromatic heterocycles. The minimum absolute atomic E-state index is 0.211. The molecule has 2 aromatic carbocycles. The zero-order valence-electron chi connectivity index (χ0n) is 17.2. The van der Waals surface area contributed by atoms with Gasteiger partial charge in [0.2, 0.25) is 0 Å². The highest BCUT2D eigenvalue weighted by atomic mass is 32.2. The standard InChI is InChI=1S/C25H20FN3OS2/c1-16-5-11-19(12-6-16)32-22-14-13-21(30-22)24-23(20-4-2-3-15-27-20)28-25(31)29(24)18-9-7-17(26)8-10-18/h2-15,23-24H,1H3,(H,28,31)/t23-,24-/m1/s1. The summed E-state index contributed by atoms with van der Waals surface area (Å²) in [6.07, 6.45) is 1.76. The van der Waals surface area contributed by atoms with Gasteiger partial charge in [0.1, 0.15) is 17.6 Å². The van der Waals surface area contributed by atoms with Gasteiger partial charge >= 0.3 is 0 Å². The Morgan fingerprint density at radius 3 is 2.50 bits per heavy atom. The number of anilines is 1. The summed E-state index contributed by atoms with van der Waals surface area (Å²) in [7, 11) is 0. The van der Waals surface area contributed by atoms with Gasteiger partial charge in [-0.05, 0) is 79.8 Å². The molecule has 3 heterocycles. The molecular formula is C25H20FN3OS2. The van der Waals surface area contributed by atoms with E-state index in [4.69, 9.17) is 16.6 Å². The van der Waals surface area contributed by atoms with Gasteiger partial charge in [0.05, 0.1) is 11.7 Å². The highest BCUT2D eigenvalue weighted by molar-refractivity contribution is 7.99. The van der Waals surface area contributed by atoms with Crippen molar-refractivity contribution in [2.45, 2.75) is 29.0 Å². The largest absolute Gasteiger partial charge is 0.452 e. The molecule has 0 unspecified atom stereocenters. The maximum atomic E-state index is 13.6. The molecule has 1 N–H and O–H groups in total. The molecule has 0 bridgehead atoms. The molecule has 0 aliphatic carbocycles. The number of furan rings is 1. The third-order valence-electron chi connectivity index (χ3n) is 5.34. The molecule has 0 amide bonds. The van der Waals surface area contributed by atoms with E-state index in [-0.39, 0.29) is 17.9 Å². The van der Waals surface area contributed by atoms with E-state index < -0.39 is 0 Å². The summed E-state index contributed by atoms with van der Waals surface area (Å²) in [5.74, 6) is 0.464. The normalized spacial score (nSPS) is 18.1. The van der Waals surface area contributed by atoms with Crippen LogP contribution in [0.2, 0.25) is 0 Å². The van der Waals surface area contributed by atoms with Crippen LogP contribution in [0.1, 0.15) is 29.1 Å². The fraction of sp³-hybridized carbons (Fsp3) is 0.120. The molecule has 2 atom stereocenters. The van der Waals surface area contributed by atoms with Gasteiger partial charge in [0, 0.05) is 16.8 Å². The second kappa shape index (κ2) is 8.76. The van der Waals surface area contributed by atoms with E-state index in [0.29, 0.717) is 5.11 Å². The van der Waals surface area contributed by atoms with Crippen LogP contribution in [-0.4, -0.2) is 10.1 Å². The van der Waals surface area contributed by atoms with Gasteiger partial charge < -0.3 is 14.6 Å². The topological polar surface area (TPSA) is 41.3 Å². The molecule has 1 aliphatic rings. The summed E-state index contributed by atoms with van der Waals surface area (Å²) in [6, 6.07) is 23.9. The first kappa shape index (κ1) is 20.7. The van der Waals surface area contributed by atoms with Crippen molar-refractivity contribution in [1.82, 2.24) is 10.3 Å². The first-order valence-electron chi connectivity index (χ1n) is 10.2. The number of rotatable bonds is 5. The third-order valence-corrected chi connectivity index (χ3v) is 6.58. The summed E-state index contributed by atoms with van der Waals surface area (Å²) in [5.41, 5.74) is 2.86. The number of aromatic nitrogens is 1. The van der Waals surface area contributed by atoms with E-state index >= 15 is 0 Å². The number of benzene rings is 2. The van der Waals surface area contributed by atoms with Crippen molar-refractivity contribution in [3.63, 3.8) is 0 Å². The molecule has 32 heavy (non-hydrogen) atoms. The van der Waals surface area contributed by atoms with E-state index in [1.54, 1.807) is 30.1 Å². The van der Waals surface area contributed by atoms with E-state index in [9.17, 15) is 4.39 Å². The Morgan fingerprint density at radius 1 is 1.00 bits per heavy atom. The lowest BCUT2D eigenvalue weighted by Gasteiger charge is -2.26. The first-order valence-corrected chi connectivity index (χ1v) is 11.4. The van der Waals surface area contributed by atoms with E-state index in [1.807, 2.05) is 35.2 Å². The number of aryl methyl sites for hydroxylation is 1. The molecule has 4 aromatic rings. The number of hydrogen-bond donors (Lipinski definition) is 1. The molecule has 0 spiro atoms. The van der Waals surface area contributed by atoms with E-state index in [2.05, 4.69) is 41.5 Å². The molecule has 1 saturated heterocycles. The average Bonchev–Trinajstić information content (AvgIpc) is 3.40. The molecule has 7 heteroatoms. The van der Waals surface area contributed by atoms with Crippen LogP contribution in [0.25, 0.3) is 0 Å². The van der Waals surface area contributed by atoms with Crippen molar-refractivity contribution in [3.05, 3.63) is 108 Å². The van der Waals surface area contributed by atoms with Crippen LogP contribution >= 0.6 is 24.0 Å². The second-order valence-corrected chi connectivity index (χ2v) is 9.01. The Hall–Kier alpha value is -3.16. The highest BCUT2D eigenvalue weighted by Gasteiger charge is 2.42. The number of thiocarbonyl (C=S) groups is 1. The molecule has 5 rings (SSSR count). The maximum absolute atomic E-state index is 13.6. The van der Waals surface area contributed by atoms with Gasteiger partial charge in [-0.3, -0.25) is 4.98 Å². The van der Waals surface area contributed by atoms with Crippen LogP contribution in [0.4, 0.5) is 10.1 Å². The number of nitrogens with zero attached hydrogens (tertiary/aromatic N) is 2. The SMILES string of the molecule is Cc1ccc(Sc2ccc([C@@H]3[C@@H](c4ccccn4)NC(=S)N3c3ccc(F)cc3)o2)cc1. The molecule has 0 saturated carbocycles. The zero-order valence-corrected chi connectivity index (χ0v) is 18.9. The van der Waals surface area contributed by atoms with Crippen molar-refractivity contribution < 1.29 is 8.81 Å². The minimum Gasteiger partial charge on any atom is -0.452 e. The predicted octanol–water partition coefficient (Wildman–Crippen LogP) is 6.45. The Balaban J connectivity index is 1.52. The van der Waals surface area contributed by atoms with Crippen LogP contribution in [0.3, 0.4) is 0 Å². The van der Waals surface area contributed by atoms with Crippen molar-refractivity contribution in [2.75, 3.05) is 4.90 Å². The summed E-state index contributed by atoms with van der Waals surface area (Å²) in [4.78, 5) is 7.61. The number of hydrogen-bond acceptors (Lipinski definition) is 4. The molecule has 4 nitrogen and oxygen atoms in total. The fourth-order valence-electron chi connectivity index (χ4n) is 3.79. The lowest BCUT2D eigenvalue weighted by molar-refractivity contribution is 0.383. The lowest BCUT2D eigenvalue weighted by Crippen LogP contribution is -2.29. The van der Waals surface area contributed by atoms with Crippen molar-refractivity contribution in [1.29, 1.82) is 0 Å². The fourth-order valence-corrected chi connectivity index (χ4v) is 4.92. The number of halogens is 1. The van der Waals surface area contributed by atoms with Gasteiger partial charge in [-0.25, -0.2) is 4.39 Å². The summed E-state index contributed by atoms with van der Waals surface area (Å²) in [5, 5.41) is 4.72. The van der Waals surface area contributed by atoms with Crippen molar-refractivity contribution in [2.24, 2.45) is 0 Å². The summed E-state index contributed by atoms with van der Waals surface area (Å²) >= 11 is 7.25. The highest BCUT2D eigenvalue weighted by Crippen LogP contribution is 2.43. The number of pyridine rings is 1. The lowest BCUT2D eigenvalue weighted by atomic mass is 10.0. The Kier molecular flexibility index (Phi) is 5.68. The van der Waals surface area contributed by atoms with E-state index in [0.717, 1.165) is 27.1 Å². The Bertz CT molecular complexity index is 1230. The molecule has 1 fully saturated rings. The van der Waals surface area contributed by atoms with Crippen LogP contribution in [0.15, 0.2) is 99.5 Å². The van der Waals surface area contributed by atoms with Crippen molar-refractivity contribution in [3.8, 4) is 0 Å². The van der Waals surface area contributed by atoms with Crippen LogP contribution in [0, 0.1) is 12.7 Å². The monoisotopic (exact) mass is 461 g/mol. The minimum atomic E-state index is -0.292. The Labute approximate surface area is 195 Å². The van der Waals surface area contributed by atoms with Gasteiger partial charge in [-0.1, -0.05) is 35.5 Å². The summed E-state index contributed by atoms with van der Waals surface area (Å²) in [6.45, 7) is 2.07. The van der Waals surface area contributed by atoms with Crippen LogP contribution in [-0.2, 0) is 0 Å². The molecule has 0 radical (unpaired) electrons. The van der Waals surface area contributed by atoms with Crippen LogP contribution < -0.4 is 10.2 Å². The predicted molar refractivity (Wildman–Crippen MR) is 128 cm³/mol. The van der Waals surface area contributed by atoms with Gasteiger partial charge in [-0.2, -0.15) is 0 Å². The van der Waals surface area contributed by atoms with Gasteiger partial charge in [0.25, 0.3) is 0 Å². The average molecular weight is 462 g/mol. The smallest absolute Gasteiger partial charge is 0.174 e. The van der Waals surface area contributed by atoms with Gasteiger partial charge in [-0.15, -0.1) is 0 Å². The number of nitrogens with one attached hydrogen (secondary N) is 1. The zero-order chi connectivity index (χ0) is 22.1.